The van der Waals surface area contributed by atoms with Gasteiger partial charge in [0.05, 0.1) is 0 Å². The van der Waals surface area contributed by atoms with Gasteiger partial charge in [0.1, 0.15) is 0 Å². The number of fused-ring (bicyclic) bond motifs is 1. The Morgan fingerprint density at radius 3 is 1.58 bits per heavy atom. The zero-order valence-electron chi connectivity index (χ0n) is 13.9. The molecule has 0 amide bonds. The van der Waals surface area contributed by atoms with Gasteiger partial charge in [0, 0.05) is 0 Å². The van der Waals surface area contributed by atoms with E-state index in [0.29, 0.717) is 0 Å². The van der Waals surface area contributed by atoms with Gasteiger partial charge in [0.2, 0.25) is 0 Å². The summed E-state index contributed by atoms with van der Waals surface area (Å²) in [6.07, 6.45) is 7.41. The maximum Gasteiger partial charge on any atom is -0.0106 e. The van der Waals surface area contributed by atoms with E-state index < -0.39 is 0 Å². The third kappa shape index (κ3) is 3.80. The molecule has 0 spiro atoms. The Labute approximate surface area is 144 Å². The van der Waals surface area contributed by atoms with Gasteiger partial charge in [-0.05, 0) is 33.0 Å². The summed E-state index contributed by atoms with van der Waals surface area (Å²) < 4.78 is 0. The van der Waals surface area contributed by atoms with E-state index in [1.54, 1.807) is 0 Å². The fourth-order valence-corrected chi connectivity index (χ4v) is 2.60. The fourth-order valence-electron chi connectivity index (χ4n) is 2.60. The Morgan fingerprint density at radius 1 is 0.500 bits per heavy atom. The highest BCUT2D eigenvalue weighted by molar-refractivity contribution is 5.93. The predicted molar refractivity (Wildman–Crippen MR) is 111 cm³/mol. The van der Waals surface area contributed by atoms with E-state index in [0.717, 1.165) is 22.3 Å². The second-order valence-electron chi connectivity index (χ2n) is 5.24. The Balaban J connectivity index is 0.000000185. The molecule has 0 fully saturated rings. The van der Waals surface area contributed by atoms with E-state index in [-0.39, 0.29) is 0 Å². The average molecular weight is 310 g/mol. The van der Waals surface area contributed by atoms with E-state index in [1.807, 2.05) is 60.7 Å². The van der Waals surface area contributed by atoms with Gasteiger partial charge in [-0.2, -0.15) is 0 Å². The molecule has 24 heavy (non-hydrogen) atoms. The molecule has 3 aromatic carbocycles. The van der Waals surface area contributed by atoms with Crippen LogP contribution in [0.15, 0.2) is 87.0 Å². The molecule has 0 bridgehead atoms. The van der Waals surface area contributed by atoms with Gasteiger partial charge < -0.3 is 0 Å². The lowest BCUT2D eigenvalue weighted by Crippen LogP contribution is -1.82. The van der Waals surface area contributed by atoms with Crippen LogP contribution in [-0.2, 0) is 0 Å². The highest BCUT2D eigenvalue weighted by atomic mass is 14.0. The summed E-state index contributed by atoms with van der Waals surface area (Å²) >= 11 is 0. The molecule has 0 saturated heterocycles. The van der Waals surface area contributed by atoms with Crippen molar-refractivity contribution in [3.63, 3.8) is 0 Å². The first-order valence-corrected chi connectivity index (χ1v) is 7.85. The van der Waals surface area contributed by atoms with E-state index in [1.165, 1.54) is 10.8 Å². The topological polar surface area (TPSA) is 0 Å². The molecule has 0 heterocycles. The first-order valence-electron chi connectivity index (χ1n) is 7.85. The molecular weight excluding hydrogens is 288 g/mol. The second kappa shape index (κ2) is 8.50. The lowest BCUT2D eigenvalue weighted by molar-refractivity contribution is 1.62. The van der Waals surface area contributed by atoms with E-state index in [4.69, 9.17) is 0 Å². The SMILES string of the molecule is C=Cc1ccc2ccccc2c1C=C.C=Cc1ccccc1C=C. The Kier molecular flexibility index (Phi) is 6.10. The first kappa shape index (κ1) is 17.2. The Morgan fingerprint density at radius 2 is 1.04 bits per heavy atom. The molecule has 118 valence electrons. The summed E-state index contributed by atoms with van der Waals surface area (Å²) in [5.41, 5.74) is 4.58. The maximum absolute atomic E-state index is 3.84. The summed E-state index contributed by atoms with van der Waals surface area (Å²) in [5.74, 6) is 0. The van der Waals surface area contributed by atoms with Gasteiger partial charge >= 0.3 is 0 Å². The van der Waals surface area contributed by atoms with Crippen molar-refractivity contribution >= 4 is 35.1 Å². The normalized spacial score (nSPS) is 9.50. The van der Waals surface area contributed by atoms with Gasteiger partial charge in [-0.25, -0.2) is 0 Å². The van der Waals surface area contributed by atoms with E-state index >= 15 is 0 Å². The summed E-state index contributed by atoms with van der Waals surface area (Å²) in [6.45, 7) is 15.0. The minimum Gasteiger partial charge on any atom is -0.0984 e. The van der Waals surface area contributed by atoms with Gasteiger partial charge in [-0.15, -0.1) is 0 Å². The van der Waals surface area contributed by atoms with Gasteiger partial charge in [0.15, 0.2) is 0 Å². The Hall–Kier alpha value is -3.12. The third-order valence-corrected chi connectivity index (χ3v) is 3.86. The standard InChI is InChI=1S/C14H12.C10H10/c1-3-11-9-10-12-7-5-6-8-14(12)13(11)4-2;1-3-9-7-5-6-8-10(9)4-2/h3-10H,1-2H2;3-8H,1-2H2. The first-order chi connectivity index (χ1) is 11.7. The van der Waals surface area contributed by atoms with Crippen molar-refractivity contribution in [2.75, 3.05) is 0 Å². The molecule has 0 unspecified atom stereocenters. The summed E-state index contributed by atoms with van der Waals surface area (Å²) in [6, 6.07) is 20.5. The molecule has 0 aliphatic heterocycles. The van der Waals surface area contributed by atoms with Crippen molar-refractivity contribution in [3.05, 3.63) is 109 Å². The summed E-state index contributed by atoms with van der Waals surface area (Å²) in [5, 5.41) is 2.48. The second-order valence-corrected chi connectivity index (χ2v) is 5.24. The van der Waals surface area contributed by atoms with Crippen LogP contribution in [0.1, 0.15) is 22.3 Å². The van der Waals surface area contributed by atoms with Crippen LogP contribution in [0, 0.1) is 0 Å². The molecule has 0 atom stereocenters. The minimum absolute atomic E-state index is 1.14. The van der Waals surface area contributed by atoms with Crippen LogP contribution in [0.5, 0.6) is 0 Å². The number of hydrogen-bond acceptors (Lipinski definition) is 0. The summed E-state index contributed by atoms with van der Waals surface area (Å²) in [7, 11) is 0. The molecule has 0 aromatic heterocycles. The van der Waals surface area contributed by atoms with Gasteiger partial charge in [-0.3, -0.25) is 0 Å². The average Bonchev–Trinajstić information content (AvgIpc) is 2.67. The molecule has 0 heteroatoms. The van der Waals surface area contributed by atoms with Crippen molar-refractivity contribution in [1.82, 2.24) is 0 Å². The van der Waals surface area contributed by atoms with Crippen LogP contribution in [0.4, 0.5) is 0 Å². The molecular formula is C24H22. The van der Waals surface area contributed by atoms with Crippen LogP contribution >= 0.6 is 0 Å². The van der Waals surface area contributed by atoms with E-state index in [9.17, 15) is 0 Å². The smallest absolute Gasteiger partial charge is 0.0106 e. The molecule has 0 aliphatic carbocycles. The lowest BCUT2D eigenvalue weighted by Gasteiger charge is -2.05. The molecule has 3 rings (SSSR count). The van der Waals surface area contributed by atoms with Gasteiger partial charge in [0.25, 0.3) is 0 Å². The monoisotopic (exact) mass is 310 g/mol. The predicted octanol–water partition coefficient (Wildman–Crippen LogP) is 7.10. The quantitative estimate of drug-likeness (QED) is 0.482. The lowest BCUT2D eigenvalue weighted by atomic mass is 9.99. The maximum atomic E-state index is 3.84. The van der Waals surface area contributed by atoms with Crippen molar-refractivity contribution < 1.29 is 0 Å². The summed E-state index contributed by atoms with van der Waals surface area (Å²) in [4.78, 5) is 0. The Bertz CT molecular complexity index is 854. The molecule has 3 aromatic rings. The van der Waals surface area contributed by atoms with Crippen LogP contribution in [0.2, 0.25) is 0 Å². The fraction of sp³-hybridized carbons (Fsp3) is 0. The highest BCUT2D eigenvalue weighted by Crippen LogP contribution is 2.24. The van der Waals surface area contributed by atoms with Gasteiger partial charge in [-0.1, -0.05) is 111 Å². The molecule has 0 nitrogen and oxygen atoms in total. The van der Waals surface area contributed by atoms with Crippen LogP contribution in [-0.4, -0.2) is 0 Å². The molecule has 0 radical (unpaired) electrons. The number of rotatable bonds is 4. The van der Waals surface area contributed by atoms with Crippen molar-refractivity contribution in [2.24, 2.45) is 0 Å². The third-order valence-electron chi connectivity index (χ3n) is 3.86. The zero-order valence-corrected chi connectivity index (χ0v) is 13.9. The van der Waals surface area contributed by atoms with Crippen molar-refractivity contribution in [1.29, 1.82) is 0 Å². The number of benzene rings is 3. The largest absolute Gasteiger partial charge is 0.0984 e. The molecule has 0 aliphatic rings. The molecule has 0 saturated carbocycles. The molecule has 0 N–H and O–H groups in total. The zero-order chi connectivity index (χ0) is 17.4. The van der Waals surface area contributed by atoms with Crippen molar-refractivity contribution in [3.8, 4) is 0 Å². The highest BCUT2D eigenvalue weighted by Gasteiger charge is 2.00. The van der Waals surface area contributed by atoms with Crippen LogP contribution in [0.3, 0.4) is 0 Å². The van der Waals surface area contributed by atoms with E-state index in [2.05, 4.69) is 50.6 Å². The van der Waals surface area contributed by atoms with Crippen LogP contribution < -0.4 is 0 Å². The van der Waals surface area contributed by atoms with Crippen LogP contribution in [0.25, 0.3) is 35.1 Å². The minimum atomic E-state index is 1.14. The van der Waals surface area contributed by atoms with Crippen molar-refractivity contribution in [2.45, 2.75) is 0 Å². The number of hydrogen-bond donors (Lipinski definition) is 0.